The Morgan fingerprint density at radius 1 is 1.53 bits per heavy atom. The fourth-order valence-electron chi connectivity index (χ4n) is 2.32. The standard InChI is InChI=1S/C13H19ClN2O/c1-9-7-16(5-4-12(9)15)8-10-6-11(14)2-3-13(10)17/h2-3,6,9,12,17H,4-5,7-8,15H2,1H3. The van der Waals surface area contributed by atoms with Crippen molar-refractivity contribution >= 4 is 11.6 Å². The maximum Gasteiger partial charge on any atom is 0.120 e. The zero-order valence-electron chi connectivity index (χ0n) is 10.1. The highest BCUT2D eigenvalue weighted by Gasteiger charge is 2.23. The van der Waals surface area contributed by atoms with Crippen LogP contribution in [0, 0.1) is 5.92 Å². The summed E-state index contributed by atoms with van der Waals surface area (Å²) in [6, 6.07) is 5.49. The summed E-state index contributed by atoms with van der Waals surface area (Å²) in [5.41, 5.74) is 6.88. The van der Waals surface area contributed by atoms with Crippen molar-refractivity contribution in [2.75, 3.05) is 13.1 Å². The van der Waals surface area contributed by atoms with Crippen LogP contribution in [-0.2, 0) is 6.54 Å². The molecule has 17 heavy (non-hydrogen) atoms. The number of likely N-dealkylation sites (tertiary alicyclic amines) is 1. The van der Waals surface area contributed by atoms with Crippen molar-refractivity contribution in [2.45, 2.75) is 25.9 Å². The molecule has 2 atom stereocenters. The van der Waals surface area contributed by atoms with Crippen LogP contribution >= 0.6 is 11.6 Å². The van der Waals surface area contributed by atoms with Crippen molar-refractivity contribution in [1.82, 2.24) is 4.90 Å². The van der Waals surface area contributed by atoms with Gasteiger partial charge in [0.25, 0.3) is 0 Å². The van der Waals surface area contributed by atoms with Crippen LogP contribution in [0.4, 0.5) is 0 Å². The first-order chi connectivity index (χ1) is 8.06. The molecule has 1 heterocycles. The second kappa shape index (κ2) is 5.25. The lowest BCUT2D eigenvalue weighted by molar-refractivity contribution is 0.156. The summed E-state index contributed by atoms with van der Waals surface area (Å²) in [7, 11) is 0. The Kier molecular flexibility index (Phi) is 3.92. The molecule has 3 nitrogen and oxygen atoms in total. The predicted molar refractivity (Wildman–Crippen MR) is 70.2 cm³/mol. The molecule has 0 aliphatic carbocycles. The highest BCUT2D eigenvalue weighted by Crippen LogP contribution is 2.25. The highest BCUT2D eigenvalue weighted by atomic mass is 35.5. The minimum Gasteiger partial charge on any atom is -0.508 e. The lowest BCUT2D eigenvalue weighted by Gasteiger charge is -2.35. The van der Waals surface area contributed by atoms with E-state index in [0.717, 1.165) is 31.6 Å². The Balaban J connectivity index is 2.03. The maximum absolute atomic E-state index is 9.77. The minimum absolute atomic E-state index is 0.305. The smallest absolute Gasteiger partial charge is 0.120 e. The van der Waals surface area contributed by atoms with Gasteiger partial charge in [-0.05, 0) is 37.1 Å². The number of rotatable bonds is 2. The molecule has 2 rings (SSSR count). The van der Waals surface area contributed by atoms with Crippen LogP contribution < -0.4 is 5.73 Å². The van der Waals surface area contributed by atoms with Crippen molar-refractivity contribution in [3.63, 3.8) is 0 Å². The number of benzene rings is 1. The van der Waals surface area contributed by atoms with E-state index in [4.69, 9.17) is 17.3 Å². The van der Waals surface area contributed by atoms with Gasteiger partial charge in [0.05, 0.1) is 0 Å². The van der Waals surface area contributed by atoms with Gasteiger partial charge in [0, 0.05) is 29.7 Å². The number of aromatic hydroxyl groups is 1. The molecule has 0 saturated carbocycles. The lowest BCUT2D eigenvalue weighted by atomic mass is 9.94. The third-order valence-electron chi connectivity index (χ3n) is 3.49. The molecule has 0 spiro atoms. The summed E-state index contributed by atoms with van der Waals surface area (Å²) in [5.74, 6) is 0.821. The monoisotopic (exact) mass is 254 g/mol. The molecule has 1 fully saturated rings. The van der Waals surface area contributed by atoms with Crippen LogP contribution in [0.15, 0.2) is 18.2 Å². The molecule has 0 bridgehead atoms. The number of phenolic OH excluding ortho intramolecular Hbond substituents is 1. The Morgan fingerprint density at radius 3 is 3.00 bits per heavy atom. The first-order valence-corrected chi connectivity index (χ1v) is 6.39. The number of nitrogens with two attached hydrogens (primary N) is 1. The number of halogens is 1. The molecular weight excluding hydrogens is 236 g/mol. The molecule has 94 valence electrons. The quantitative estimate of drug-likeness (QED) is 0.851. The number of piperidine rings is 1. The van der Waals surface area contributed by atoms with E-state index in [1.165, 1.54) is 0 Å². The van der Waals surface area contributed by atoms with Crippen LogP contribution in [0.2, 0.25) is 5.02 Å². The third kappa shape index (κ3) is 3.12. The largest absolute Gasteiger partial charge is 0.508 e. The van der Waals surface area contributed by atoms with Crippen LogP contribution in [0.1, 0.15) is 18.9 Å². The van der Waals surface area contributed by atoms with Crippen molar-refractivity contribution in [3.8, 4) is 5.75 Å². The van der Waals surface area contributed by atoms with Crippen molar-refractivity contribution in [3.05, 3.63) is 28.8 Å². The summed E-state index contributed by atoms with van der Waals surface area (Å²) < 4.78 is 0. The molecule has 0 aromatic heterocycles. The van der Waals surface area contributed by atoms with Gasteiger partial charge in [0.1, 0.15) is 5.75 Å². The van der Waals surface area contributed by atoms with Crippen molar-refractivity contribution in [2.24, 2.45) is 11.7 Å². The zero-order valence-corrected chi connectivity index (χ0v) is 10.8. The normalized spacial score (nSPS) is 26.1. The Bertz CT molecular complexity index is 397. The van der Waals surface area contributed by atoms with E-state index in [-0.39, 0.29) is 0 Å². The third-order valence-corrected chi connectivity index (χ3v) is 3.73. The van der Waals surface area contributed by atoms with Crippen molar-refractivity contribution < 1.29 is 5.11 Å². The highest BCUT2D eigenvalue weighted by molar-refractivity contribution is 6.30. The lowest BCUT2D eigenvalue weighted by Crippen LogP contribution is -2.45. The Morgan fingerprint density at radius 2 is 2.29 bits per heavy atom. The van der Waals surface area contributed by atoms with E-state index in [2.05, 4.69) is 11.8 Å². The van der Waals surface area contributed by atoms with Crippen molar-refractivity contribution in [1.29, 1.82) is 0 Å². The van der Waals surface area contributed by atoms with E-state index < -0.39 is 0 Å². The predicted octanol–water partition coefficient (Wildman–Crippen LogP) is 2.21. The molecule has 1 aliphatic rings. The van der Waals surface area contributed by atoms with E-state index in [1.807, 2.05) is 6.07 Å². The van der Waals surface area contributed by atoms with E-state index in [0.29, 0.717) is 22.7 Å². The Labute approximate surface area is 107 Å². The molecule has 3 N–H and O–H groups in total. The van der Waals surface area contributed by atoms with Crippen LogP contribution in [0.5, 0.6) is 5.75 Å². The van der Waals surface area contributed by atoms with Gasteiger partial charge in [-0.3, -0.25) is 4.90 Å². The number of hydrogen-bond donors (Lipinski definition) is 2. The molecule has 2 unspecified atom stereocenters. The van der Waals surface area contributed by atoms with Gasteiger partial charge >= 0.3 is 0 Å². The van der Waals surface area contributed by atoms with E-state index in [1.54, 1.807) is 12.1 Å². The fraction of sp³-hybridized carbons (Fsp3) is 0.538. The van der Waals surface area contributed by atoms with E-state index in [9.17, 15) is 5.11 Å². The maximum atomic E-state index is 9.77. The topological polar surface area (TPSA) is 49.5 Å². The van der Waals surface area contributed by atoms with E-state index >= 15 is 0 Å². The van der Waals surface area contributed by atoms with Crippen LogP contribution in [0.25, 0.3) is 0 Å². The second-order valence-electron chi connectivity index (χ2n) is 4.94. The summed E-state index contributed by atoms with van der Waals surface area (Å²) in [5, 5.41) is 10.4. The molecule has 1 aromatic carbocycles. The van der Waals surface area contributed by atoms with Gasteiger partial charge in [-0.2, -0.15) is 0 Å². The zero-order chi connectivity index (χ0) is 12.4. The molecular formula is C13H19ClN2O. The summed E-state index contributed by atoms with van der Waals surface area (Å²) in [6.07, 6.45) is 1.02. The summed E-state index contributed by atoms with van der Waals surface area (Å²) >= 11 is 5.94. The van der Waals surface area contributed by atoms with Gasteiger partial charge in [0.15, 0.2) is 0 Å². The first-order valence-electron chi connectivity index (χ1n) is 6.01. The average molecular weight is 255 g/mol. The minimum atomic E-state index is 0.305. The number of phenols is 1. The number of hydrogen-bond acceptors (Lipinski definition) is 3. The molecule has 1 aliphatic heterocycles. The van der Waals surface area contributed by atoms with Gasteiger partial charge in [-0.25, -0.2) is 0 Å². The molecule has 1 saturated heterocycles. The summed E-state index contributed by atoms with van der Waals surface area (Å²) in [6.45, 7) is 4.88. The van der Waals surface area contributed by atoms with Crippen LogP contribution in [-0.4, -0.2) is 29.1 Å². The Hall–Kier alpha value is -0.770. The van der Waals surface area contributed by atoms with Gasteiger partial charge in [-0.1, -0.05) is 18.5 Å². The first kappa shape index (κ1) is 12.7. The van der Waals surface area contributed by atoms with Crippen LogP contribution in [0.3, 0.4) is 0 Å². The van der Waals surface area contributed by atoms with Gasteiger partial charge in [-0.15, -0.1) is 0 Å². The molecule has 1 aromatic rings. The van der Waals surface area contributed by atoms with Gasteiger partial charge < -0.3 is 10.8 Å². The second-order valence-corrected chi connectivity index (χ2v) is 5.37. The average Bonchev–Trinajstić information content (AvgIpc) is 2.29. The number of nitrogens with zero attached hydrogens (tertiary/aromatic N) is 1. The molecule has 4 heteroatoms. The molecule has 0 amide bonds. The molecule has 0 radical (unpaired) electrons. The SMILES string of the molecule is CC1CN(Cc2cc(Cl)ccc2O)CCC1N. The summed E-state index contributed by atoms with van der Waals surface area (Å²) in [4.78, 5) is 2.32. The fourth-order valence-corrected chi connectivity index (χ4v) is 2.51. The van der Waals surface area contributed by atoms with Gasteiger partial charge in [0.2, 0.25) is 0 Å².